The second-order valence-electron chi connectivity index (χ2n) is 7.58. The molecule has 1 aromatic carbocycles. The number of amides is 2. The highest BCUT2D eigenvalue weighted by molar-refractivity contribution is 7.12. The third-order valence-electron chi connectivity index (χ3n) is 5.87. The molecule has 2 aliphatic heterocycles. The van der Waals surface area contributed by atoms with Gasteiger partial charge in [-0.1, -0.05) is 36.4 Å². The number of carbonyl (C=O) groups excluding carboxylic acids is 2. The van der Waals surface area contributed by atoms with Crippen molar-refractivity contribution in [2.45, 2.75) is 31.6 Å². The van der Waals surface area contributed by atoms with Gasteiger partial charge in [0.15, 0.2) is 0 Å². The number of nitrogens with zero attached hydrogens (tertiary/aromatic N) is 2. The van der Waals surface area contributed by atoms with Gasteiger partial charge in [0, 0.05) is 26.2 Å². The Labute approximate surface area is 164 Å². The van der Waals surface area contributed by atoms with Crippen molar-refractivity contribution in [2.75, 3.05) is 26.2 Å². The predicted octanol–water partition coefficient (Wildman–Crippen LogP) is 4.01. The van der Waals surface area contributed by atoms with Crippen LogP contribution in [-0.4, -0.2) is 47.8 Å². The van der Waals surface area contributed by atoms with Crippen molar-refractivity contribution in [3.8, 4) is 0 Å². The zero-order valence-electron chi connectivity index (χ0n) is 15.5. The van der Waals surface area contributed by atoms with Gasteiger partial charge in [0.2, 0.25) is 5.91 Å². The summed E-state index contributed by atoms with van der Waals surface area (Å²) >= 11 is 1.47. The number of piperidine rings is 2. The van der Waals surface area contributed by atoms with Gasteiger partial charge in [-0.3, -0.25) is 9.59 Å². The minimum atomic E-state index is -0.0454. The summed E-state index contributed by atoms with van der Waals surface area (Å²) in [6, 6.07) is 14.4. The number of hydrogen-bond acceptors (Lipinski definition) is 3. The zero-order chi connectivity index (χ0) is 18.6. The van der Waals surface area contributed by atoms with E-state index in [0.29, 0.717) is 12.5 Å². The van der Waals surface area contributed by atoms with Gasteiger partial charge in [-0.2, -0.15) is 0 Å². The highest BCUT2D eigenvalue weighted by Gasteiger charge is 2.33. The summed E-state index contributed by atoms with van der Waals surface area (Å²) in [6.45, 7) is 2.98. The van der Waals surface area contributed by atoms with Gasteiger partial charge < -0.3 is 9.80 Å². The first-order valence-corrected chi connectivity index (χ1v) is 10.8. The molecule has 0 radical (unpaired) electrons. The molecular formula is C22H26N2O2S. The first kappa shape index (κ1) is 18.2. The van der Waals surface area contributed by atoms with E-state index in [4.69, 9.17) is 0 Å². The largest absolute Gasteiger partial charge is 0.342 e. The Bertz CT molecular complexity index is 767. The molecule has 3 heterocycles. The molecule has 2 aromatic rings. The molecule has 1 aromatic heterocycles. The third-order valence-corrected chi connectivity index (χ3v) is 6.73. The van der Waals surface area contributed by atoms with Crippen molar-refractivity contribution in [3.05, 3.63) is 58.3 Å². The molecule has 2 amide bonds. The lowest BCUT2D eigenvalue weighted by atomic mass is 9.88. The summed E-state index contributed by atoms with van der Waals surface area (Å²) in [5, 5.41) is 1.93. The first-order valence-electron chi connectivity index (χ1n) is 9.89. The summed E-state index contributed by atoms with van der Waals surface area (Å²) < 4.78 is 0. The van der Waals surface area contributed by atoms with E-state index in [1.54, 1.807) is 0 Å². The molecule has 142 valence electrons. The fraction of sp³-hybridized carbons (Fsp3) is 0.455. The Morgan fingerprint density at radius 1 is 0.889 bits per heavy atom. The number of rotatable bonds is 3. The number of carbonyl (C=O) groups is 2. The van der Waals surface area contributed by atoms with Gasteiger partial charge in [0.05, 0.1) is 10.8 Å². The van der Waals surface area contributed by atoms with Crippen LogP contribution in [0.25, 0.3) is 0 Å². The lowest BCUT2D eigenvalue weighted by Crippen LogP contribution is -2.48. The van der Waals surface area contributed by atoms with Crippen LogP contribution in [0.3, 0.4) is 0 Å². The van der Waals surface area contributed by atoms with Crippen LogP contribution < -0.4 is 0 Å². The first-order chi connectivity index (χ1) is 13.2. The lowest BCUT2D eigenvalue weighted by Gasteiger charge is -2.38. The molecular weight excluding hydrogens is 356 g/mol. The molecule has 0 bridgehead atoms. The normalized spacial score (nSPS) is 21.3. The van der Waals surface area contributed by atoms with Crippen LogP contribution in [0.4, 0.5) is 0 Å². The van der Waals surface area contributed by atoms with E-state index in [9.17, 15) is 9.59 Å². The second kappa shape index (κ2) is 8.26. The Kier molecular flexibility index (Phi) is 5.58. The van der Waals surface area contributed by atoms with E-state index in [1.807, 2.05) is 27.3 Å². The Hall–Kier alpha value is -2.14. The second-order valence-corrected chi connectivity index (χ2v) is 8.53. The summed E-state index contributed by atoms with van der Waals surface area (Å²) in [6.07, 6.45) is 3.86. The highest BCUT2D eigenvalue weighted by atomic mass is 32.1. The lowest BCUT2D eigenvalue weighted by molar-refractivity contribution is -0.138. The number of hydrogen-bond donors (Lipinski definition) is 0. The molecule has 1 unspecified atom stereocenters. The quantitative estimate of drug-likeness (QED) is 0.805. The molecule has 0 saturated carbocycles. The van der Waals surface area contributed by atoms with E-state index >= 15 is 0 Å². The van der Waals surface area contributed by atoms with Crippen LogP contribution in [0.2, 0.25) is 0 Å². The number of benzene rings is 1. The molecule has 4 nitrogen and oxygen atoms in total. The average Bonchev–Trinajstić information content (AvgIpc) is 3.28. The Morgan fingerprint density at radius 2 is 1.67 bits per heavy atom. The maximum absolute atomic E-state index is 13.0. The van der Waals surface area contributed by atoms with Crippen molar-refractivity contribution < 1.29 is 9.59 Å². The van der Waals surface area contributed by atoms with E-state index < -0.39 is 0 Å². The van der Waals surface area contributed by atoms with Crippen molar-refractivity contribution in [1.29, 1.82) is 0 Å². The van der Waals surface area contributed by atoms with Gasteiger partial charge in [-0.25, -0.2) is 0 Å². The molecule has 1 atom stereocenters. The van der Waals surface area contributed by atoms with Gasteiger partial charge in [-0.05, 0) is 48.6 Å². The van der Waals surface area contributed by atoms with Gasteiger partial charge >= 0.3 is 0 Å². The number of thiophene rings is 1. The fourth-order valence-corrected chi connectivity index (χ4v) is 5.03. The zero-order valence-corrected chi connectivity index (χ0v) is 16.4. The topological polar surface area (TPSA) is 40.6 Å². The van der Waals surface area contributed by atoms with Gasteiger partial charge in [0.1, 0.15) is 0 Å². The van der Waals surface area contributed by atoms with Crippen LogP contribution in [0.1, 0.15) is 46.8 Å². The predicted molar refractivity (Wildman–Crippen MR) is 108 cm³/mol. The van der Waals surface area contributed by atoms with E-state index in [0.717, 1.165) is 50.2 Å². The molecule has 5 heteroatoms. The molecule has 2 aliphatic rings. The highest BCUT2D eigenvalue weighted by Crippen LogP contribution is 2.30. The standard InChI is InChI=1S/C22H26N2O2S/c25-21(23-13-10-18(11-14-23)17-6-2-1-3-7-17)19-8-4-12-24(16-19)22(26)20-9-5-15-27-20/h1-3,5-7,9,15,18-19H,4,8,10-14,16H2. The minimum absolute atomic E-state index is 0.0454. The van der Waals surface area contributed by atoms with E-state index in [-0.39, 0.29) is 17.7 Å². The SMILES string of the molecule is O=C(c1cccs1)N1CCCC(C(=O)N2CCC(c3ccccc3)CC2)C1. The van der Waals surface area contributed by atoms with Crippen LogP contribution in [-0.2, 0) is 4.79 Å². The van der Waals surface area contributed by atoms with Crippen LogP contribution in [0.15, 0.2) is 47.8 Å². The molecule has 2 saturated heterocycles. The average molecular weight is 383 g/mol. The van der Waals surface area contributed by atoms with Crippen LogP contribution in [0.5, 0.6) is 0 Å². The monoisotopic (exact) mass is 382 g/mol. The van der Waals surface area contributed by atoms with E-state index in [1.165, 1.54) is 16.9 Å². The third kappa shape index (κ3) is 4.08. The molecule has 0 spiro atoms. The van der Waals surface area contributed by atoms with Crippen LogP contribution >= 0.6 is 11.3 Å². The van der Waals surface area contributed by atoms with Crippen molar-refractivity contribution in [2.24, 2.45) is 5.92 Å². The minimum Gasteiger partial charge on any atom is -0.342 e. The smallest absolute Gasteiger partial charge is 0.263 e. The Morgan fingerprint density at radius 3 is 2.37 bits per heavy atom. The van der Waals surface area contributed by atoms with Crippen molar-refractivity contribution >= 4 is 23.2 Å². The summed E-state index contributed by atoms with van der Waals surface area (Å²) in [5.74, 6) is 0.824. The summed E-state index contributed by atoms with van der Waals surface area (Å²) in [4.78, 5) is 30.3. The summed E-state index contributed by atoms with van der Waals surface area (Å²) in [5.41, 5.74) is 1.38. The Balaban J connectivity index is 1.34. The maximum Gasteiger partial charge on any atom is 0.263 e. The van der Waals surface area contributed by atoms with Gasteiger partial charge in [-0.15, -0.1) is 11.3 Å². The molecule has 2 fully saturated rings. The molecule has 0 N–H and O–H groups in total. The fourth-order valence-electron chi connectivity index (χ4n) is 4.34. The van der Waals surface area contributed by atoms with Crippen molar-refractivity contribution in [1.82, 2.24) is 9.80 Å². The number of likely N-dealkylation sites (tertiary alicyclic amines) is 2. The summed E-state index contributed by atoms with van der Waals surface area (Å²) in [7, 11) is 0. The van der Waals surface area contributed by atoms with E-state index in [2.05, 4.69) is 30.3 Å². The molecule has 27 heavy (non-hydrogen) atoms. The molecule has 4 rings (SSSR count). The van der Waals surface area contributed by atoms with Crippen molar-refractivity contribution in [3.63, 3.8) is 0 Å². The maximum atomic E-state index is 13.0. The molecule has 0 aliphatic carbocycles. The van der Waals surface area contributed by atoms with Gasteiger partial charge in [0.25, 0.3) is 5.91 Å². The van der Waals surface area contributed by atoms with Crippen LogP contribution in [0, 0.1) is 5.92 Å².